The SMILES string of the molecule is COC(=O)c1cccc(CN2CCNC[C@H]2C(C)C)c1. The van der Waals surface area contributed by atoms with Gasteiger partial charge in [-0.3, -0.25) is 4.90 Å². The van der Waals surface area contributed by atoms with Crippen LogP contribution < -0.4 is 5.32 Å². The molecule has 0 amide bonds. The van der Waals surface area contributed by atoms with Crippen molar-refractivity contribution in [1.82, 2.24) is 10.2 Å². The summed E-state index contributed by atoms with van der Waals surface area (Å²) in [4.78, 5) is 14.1. The van der Waals surface area contributed by atoms with Crippen LogP contribution in [0.2, 0.25) is 0 Å². The molecule has 20 heavy (non-hydrogen) atoms. The molecule has 0 saturated carbocycles. The second-order valence-corrected chi connectivity index (χ2v) is 5.68. The zero-order chi connectivity index (χ0) is 14.5. The van der Waals surface area contributed by atoms with Gasteiger partial charge >= 0.3 is 5.97 Å². The van der Waals surface area contributed by atoms with Gasteiger partial charge in [-0.25, -0.2) is 4.79 Å². The Labute approximate surface area is 121 Å². The fourth-order valence-electron chi connectivity index (χ4n) is 2.77. The molecule has 1 aromatic rings. The van der Waals surface area contributed by atoms with Crippen LogP contribution in [0.3, 0.4) is 0 Å². The van der Waals surface area contributed by atoms with Gasteiger partial charge in [0.05, 0.1) is 12.7 Å². The zero-order valence-corrected chi connectivity index (χ0v) is 12.6. The number of methoxy groups -OCH3 is 1. The van der Waals surface area contributed by atoms with E-state index in [1.165, 1.54) is 12.7 Å². The number of hydrogen-bond acceptors (Lipinski definition) is 4. The standard InChI is InChI=1S/C16H24N2O2/c1-12(2)15-10-17-7-8-18(15)11-13-5-4-6-14(9-13)16(19)20-3/h4-6,9,12,15,17H,7-8,10-11H2,1-3H3/t15-/m0/s1. The van der Waals surface area contributed by atoms with Crippen LogP contribution in [-0.4, -0.2) is 43.7 Å². The lowest BCUT2D eigenvalue weighted by Crippen LogP contribution is -2.52. The monoisotopic (exact) mass is 276 g/mol. The van der Waals surface area contributed by atoms with E-state index in [0.717, 1.165) is 26.2 Å². The largest absolute Gasteiger partial charge is 0.465 e. The van der Waals surface area contributed by atoms with E-state index < -0.39 is 0 Å². The van der Waals surface area contributed by atoms with Crippen molar-refractivity contribution in [3.05, 3.63) is 35.4 Å². The maximum atomic E-state index is 11.6. The first-order valence-corrected chi connectivity index (χ1v) is 7.24. The minimum Gasteiger partial charge on any atom is -0.465 e. The van der Waals surface area contributed by atoms with Gasteiger partial charge in [0, 0.05) is 32.2 Å². The van der Waals surface area contributed by atoms with Crippen molar-refractivity contribution in [1.29, 1.82) is 0 Å². The van der Waals surface area contributed by atoms with E-state index in [4.69, 9.17) is 4.74 Å². The third-order valence-corrected chi connectivity index (χ3v) is 3.90. The fourth-order valence-corrected chi connectivity index (χ4v) is 2.77. The van der Waals surface area contributed by atoms with Crippen molar-refractivity contribution >= 4 is 5.97 Å². The second-order valence-electron chi connectivity index (χ2n) is 5.68. The van der Waals surface area contributed by atoms with Crippen LogP contribution in [-0.2, 0) is 11.3 Å². The zero-order valence-electron chi connectivity index (χ0n) is 12.6. The molecule has 1 aromatic carbocycles. The normalized spacial score (nSPS) is 20.1. The van der Waals surface area contributed by atoms with Gasteiger partial charge in [-0.1, -0.05) is 26.0 Å². The van der Waals surface area contributed by atoms with Crippen molar-refractivity contribution in [2.75, 3.05) is 26.7 Å². The summed E-state index contributed by atoms with van der Waals surface area (Å²) >= 11 is 0. The molecule has 4 nitrogen and oxygen atoms in total. The van der Waals surface area contributed by atoms with E-state index in [-0.39, 0.29) is 5.97 Å². The molecule has 2 rings (SSSR count). The predicted molar refractivity (Wildman–Crippen MR) is 79.7 cm³/mol. The molecule has 0 aromatic heterocycles. The lowest BCUT2D eigenvalue weighted by atomic mass is 9.99. The summed E-state index contributed by atoms with van der Waals surface area (Å²) in [6, 6.07) is 8.28. The Balaban J connectivity index is 2.10. The molecular weight excluding hydrogens is 252 g/mol. The van der Waals surface area contributed by atoms with E-state index >= 15 is 0 Å². The summed E-state index contributed by atoms with van der Waals surface area (Å²) in [5.74, 6) is 0.346. The van der Waals surface area contributed by atoms with Crippen molar-refractivity contribution in [2.45, 2.75) is 26.4 Å². The molecule has 0 unspecified atom stereocenters. The molecule has 1 aliphatic heterocycles. The molecule has 0 aliphatic carbocycles. The highest BCUT2D eigenvalue weighted by Gasteiger charge is 2.24. The number of hydrogen-bond donors (Lipinski definition) is 1. The highest BCUT2D eigenvalue weighted by atomic mass is 16.5. The average molecular weight is 276 g/mol. The highest BCUT2D eigenvalue weighted by molar-refractivity contribution is 5.89. The maximum Gasteiger partial charge on any atom is 0.337 e. The van der Waals surface area contributed by atoms with E-state index in [0.29, 0.717) is 17.5 Å². The quantitative estimate of drug-likeness (QED) is 0.853. The number of carbonyl (C=O) groups excluding carboxylic acids is 1. The van der Waals surface area contributed by atoms with Crippen LogP contribution in [0.5, 0.6) is 0 Å². The number of nitrogens with one attached hydrogen (secondary N) is 1. The molecule has 1 atom stereocenters. The Kier molecular flexibility index (Phi) is 5.15. The first-order chi connectivity index (χ1) is 9.61. The molecule has 1 saturated heterocycles. The predicted octanol–water partition coefficient (Wildman–Crippen LogP) is 1.90. The van der Waals surface area contributed by atoms with Crippen molar-refractivity contribution in [2.24, 2.45) is 5.92 Å². The van der Waals surface area contributed by atoms with Crippen molar-refractivity contribution in [3.8, 4) is 0 Å². The van der Waals surface area contributed by atoms with Gasteiger partial charge in [0.1, 0.15) is 0 Å². The van der Waals surface area contributed by atoms with Gasteiger partial charge in [0.2, 0.25) is 0 Å². The molecule has 1 N–H and O–H groups in total. The first-order valence-electron chi connectivity index (χ1n) is 7.24. The Morgan fingerprint density at radius 1 is 1.50 bits per heavy atom. The third-order valence-electron chi connectivity index (χ3n) is 3.90. The maximum absolute atomic E-state index is 11.6. The van der Waals surface area contributed by atoms with E-state index in [9.17, 15) is 4.79 Å². The van der Waals surface area contributed by atoms with Crippen LogP contribution in [0.4, 0.5) is 0 Å². The highest BCUT2D eigenvalue weighted by Crippen LogP contribution is 2.17. The summed E-state index contributed by atoms with van der Waals surface area (Å²) in [6.45, 7) is 8.51. The molecular formula is C16H24N2O2. The minimum atomic E-state index is -0.271. The molecule has 0 spiro atoms. The molecule has 110 valence electrons. The summed E-state index contributed by atoms with van der Waals surface area (Å²) in [6.07, 6.45) is 0. The lowest BCUT2D eigenvalue weighted by molar-refractivity contribution is 0.0600. The van der Waals surface area contributed by atoms with Crippen molar-refractivity contribution in [3.63, 3.8) is 0 Å². The number of piperazine rings is 1. The average Bonchev–Trinajstić information content (AvgIpc) is 2.47. The Morgan fingerprint density at radius 2 is 2.30 bits per heavy atom. The van der Waals surface area contributed by atoms with Gasteiger partial charge in [0.25, 0.3) is 0 Å². The Bertz CT molecular complexity index is 460. The fraction of sp³-hybridized carbons (Fsp3) is 0.562. The minimum absolute atomic E-state index is 0.271. The van der Waals surface area contributed by atoms with Gasteiger partial charge in [0.15, 0.2) is 0 Å². The summed E-state index contributed by atoms with van der Waals surface area (Å²) in [5.41, 5.74) is 1.79. The van der Waals surface area contributed by atoms with E-state index in [2.05, 4.69) is 30.1 Å². The number of carbonyl (C=O) groups is 1. The van der Waals surface area contributed by atoms with Crippen LogP contribution in [0, 0.1) is 5.92 Å². The molecule has 0 radical (unpaired) electrons. The topological polar surface area (TPSA) is 41.6 Å². The molecule has 4 heteroatoms. The molecule has 1 aliphatic rings. The Morgan fingerprint density at radius 3 is 3.00 bits per heavy atom. The molecule has 0 bridgehead atoms. The number of nitrogens with zero attached hydrogens (tertiary/aromatic N) is 1. The lowest BCUT2D eigenvalue weighted by Gasteiger charge is -2.38. The van der Waals surface area contributed by atoms with E-state index in [1.807, 2.05) is 12.1 Å². The van der Waals surface area contributed by atoms with Gasteiger partial charge in [-0.05, 0) is 23.6 Å². The van der Waals surface area contributed by atoms with Crippen molar-refractivity contribution < 1.29 is 9.53 Å². The van der Waals surface area contributed by atoms with Gasteiger partial charge in [-0.2, -0.15) is 0 Å². The molecule has 1 fully saturated rings. The second kappa shape index (κ2) is 6.86. The van der Waals surface area contributed by atoms with Crippen LogP contribution >= 0.6 is 0 Å². The van der Waals surface area contributed by atoms with E-state index in [1.54, 1.807) is 6.07 Å². The third kappa shape index (κ3) is 3.58. The van der Waals surface area contributed by atoms with Crippen LogP contribution in [0.1, 0.15) is 29.8 Å². The van der Waals surface area contributed by atoms with Crippen LogP contribution in [0.25, 0.3) is 0 Å². The van der Waals surface area contributed by atoms with Crippen LogP contribution in [0.15, 0.2) is 24.3 Å². The summed E-state index contributed by atoms with van der Waals surface area (Å²) in [5, 5.41) is 3.45. The van der Waals surface area contributed by atoms with Gasteiger partial charge in [-0.15, -0.1) is 0 Å². The first kappa shape index (κ1) is 15.0. The Hall–Kier alpha value is -1.39. The summed E-state index contributed by atoms with van der Waals surface area (Å²) < 4.78 is 4.78. The number of esters is 1. The molecule has 1 heterocycles. The number of rotatable bonds is 4. The van der Waals surface area contributed by atoms with Gasteiger partial charge < -0.3 is 10.1 Å². The number of benzene rings is 1. The summed E-state index contributed by atoms with van der Waals surface area (Å²) in [7, 11) is 1.42. The smallest absolute Gasteiger partial charge is 0.337 e. The number of ether oxygens (including phenoxy) is 1.